The first-order chi connectivity index (χ1) is 8.38. The number of nitrogens with one attached hydrogen (secondary N) is 1. The quantitative estimate of drug-likeness (QED) is 0.765. The summed E-state index contributed by atoms with van der Waals surface area (Å²) in [5, 5.41) is 3.12. The van der Waals surface area contributed by atoms with Crippen LogP contribution in [0, 0.1) is 0 Å². The number of rotatable bonds is 6. The summed E-state index contributed by atoms with van der Waals surface area (Å²) in [6.45, 7) is 1.43. The maximum Gasteiger partial charge on any atom is 0.226 e. The zero-order chi connectivity index (χ0) is 11.9. The minimum Gasteiger partial charge on any atom is -0.481 e. The molecule has 5 heteroatoms. The first kappa shape index (κ1) is 12.1. The minimum absolute atomic E-state index is 0.461. The fourth-order valence-corrected chi connectivity index (χ4v) is 1.98. The van der Waals surface area contributed by atoms with Gasteiger partial charge in [0.2, 0.25) is 11.8 Å². The highest BCUT2D eigenvalue weighted by Gasteiger charge is 2.14. The Morgan fingerprint density at radius 3 is 3.00 bits per heavy atom. The third-order valence-electron chi connectivity index (χ3n) is 2.88. The summed E-state index contributed by atoms with van der Waals surface area (Å²) in [6, 6.07) is 1.72. The average Bonchev–Trinajstić information content (AvgIpc) is 2.88. The summed E-state index contributed by atoms with van der Waals surface area (Å²) in [6.07, 6.45) is 7.15. The molecule has 0 bridgehead atoms. The van der Waals surface area contributed by atoms with Gasteiger partial charge in [0.25, 0.3) is 0 Å². The summed E-state index contributed by atoms with van der Waals surface area (Å²) in [4.78, 5) is 8.26. The van der Waals surface area contributed by atoms with Crippen LogP contribution in [0.25, 0.3) is 0 Å². The molecular formula is C12H19N3O2. The van der Waals surface area contributed by atoms with Crippen LogP contribution in [0.15, 0.2) is 12.3 Å². The minimum atomic E-state index is 0.461. The van der Waals surface area contributed by atoms with E-state index in [9.17, 15) is 0 Å². The Morgan fingerprint density at radius 1 is 1.41 bits per heavy atom. The molecule has 1 aromatic rings. The summed E-state index contributed by atoms with van der Waals surface area (Å²) < 4.78 is 10.8. The second-order valence-electron chi connectivity index (χ2n) is 4.13. The van der Waals surface area contributed by atoms with Crippen LogP contribution in [0.3, 0.4) is 0 Å². The second kappa shape index (κ2) is 6.39. The lowest BCUT2D eigenvalue weighted by atomic mass is 10.3. The van der Waals surface area contributed by atoms with Crippen molar-refractivity contribution in [1.29, 1.82) is 0 Å². The van der Waals surface area contributed by atoms with Crippen LogP contribution >= 0.6 is 0 Å². The maximum absolute atomic E-state index is 5.73. The summed E-state index contributed by atoms with van der Waals surface area (Å²) >= 11 is 0. The van der Waals surface area contributed by atoms with E-state index in [1.54, 1.807) is 19.4 Å². The molecule has 0 unspecified atom stereocenters. The molecule has 1 aromatic heterocycles. The van der Waals surface area contributed by atoms with Gasteiger partial charge in [-0.15, -0.1) is 0 Å². The van der Waals surface area contributed by atoms with Gasteiger partial charge in [-0.2, -0.15) is 4.98 Å². The molecule has 0 radical (unpaired) electrons. The summed E-state index contributed by atoms with van der Waals surface area (Å²) in [5.41, 5.74) is 0. The number of hydrogen-bond acceptors (Lipinski definition) is 5. The van der Waals surface area contributed by atoms with Crippen LogP contribution in [0.5, 0.6) is 5.88 Å². The van der Waals surface area contributed by atoms with Gasteiger partial charge in [0.15, 0.2) is 0 Å². The van der Waals surface area contributed by atoms with Gasteiger partial charge >= 0.3 is 0 Å². The predicted octanol–water partition coefficient (Wildman–Crippen LogP) is 1.86. The van der Waals surface area contributed by atoms with Crippen LogP contribution in [0.2, 0.25) is 0 Å². The van der Waals surface area contributed by atoms with Gasteiger partial charge < -0.3 is 14.8 Å². The van der Waals surface area contributed by atoms with Gasteiger partial charge in [0, 0.05) is 18.8 Å². The molecule has 0 spiro atoms. The van der Waals surface area contributed by atoms with E-state index in [4.69, 9.17) is 9.47 Å². The maximum atomic E-state index is 5.73. The normalized spacial score (nSPS) is 16.1. The highest BCUT2D eigenvalue weighted by molar-refractivity contribution is 5.27. The van der Waals surface area contributed by atoms with E-state index in [-0.39, 0.29) is 0 Å². The smallest absolute Gasteiger partial charge is 0.226 e. The van der Waals surface area contributed by atoms with Crippen molar-refractivity contribution in [2.45, 2.75) is 31.8 Å². The van der Waals surface area contributed by atoms with Gasteiger partial charge in [-0.05, 0) is 12.8 Å². The van der Waals surface area contributed by atoms with E-state index in [0.29, 0.717) is 24.5 Å². The molecule has 1 saturated carbocycles. The van der Waals surface area contributed by atoms with E-state index in [1.807, 2.05) is 0 Å². The van der Waals surface area contributed by atoms with Crippen LogP contribution in [0.1, 0.15) is 25.7 Å². The molecule has 1 N–H and O–H groups in total. The largest absolute Gasteiger partial charge is 0.481 e. The van der Waals surface area contributed by atoms with E-state index in [2.05, 4.69) is 15.3 Å². The third-order valence-corrected chi connectivity index (χ3v) is 2.88. The average molecular weight is 237 g/mol. The fraction of sp³-hybridized carbons (Fsp3) is 0.667. The summed E-state index contributed by atoms with van der Waals surface area (Å²) in [5.74, 6) is 1.15. The lowest BCUT2D eigenvalue weighted by molar-refractivity contribution is 0.0658. The molecule has 0 amide bonds. The fourth-order valence-electron chi connectivity index (χ4n) is 1.98. The molecule has 17 heavy (non-hydrogen) atoms. The van der Waals surface area contributed by atoms with E-state index >= 15 is 0 Å². The Bertz CT molecular complexity index is 340. The molecule has 2 rings (SSSR count). The van der Waals surface area contributed by atoms with Gasteiger partial charge in [-0.3, -0.25) is 0 Å². The predicted molar refractivity (Wildman–Crippen MR) is 65.3 cm³/mol. The van der Waals surface area contributed by atoms with Gasteiger partial charge in [-0.25, -0.2) is 4.98 Å². The summed E-state index contributed by atoms with van der Waals surface area (Å²) in [7, 11) is 1.59. The Kier molecular flexibility index (Phi) is 4.55. The standard InChI is InChI=1S/C12H19N3O2/c1-16-11-6-7-13-12(15-11)14-8-9-17-10-4-2-3-5-10/h6-7,10H,2-5,8-9H2,1H3,(H,13,14,15). The van der Waals surface area contributed by atoms with Gasteiger partial charge in [0.05, 0.1) is 19.8 Å². The highest BCUT2D eigenvalue weighted by atomic mass is 16.5. The first-order valence-corrected chi connectivity index (χ1v) is 6.11. The van der Waals surface area contributed by atoms with Gasteiger partial charge in [-0.1, -0.05) is 12.8 Å². The van der Waals surface area contributed by atoms with Crippen LogP contribution in [-0.4, -0.2) is 36.3 Å². The molecule has 5 nitrogen and oxygen atoms in total. The van der Waals surface area contributed by atoms with Crippen molar-refractivity contribution < 1.29 is 9.47 Å². The molecule has 1 aliphatic carbocycles. The van der Waals surface area contributed by atoms with Crippen molar-refractivity contribution >= 4 is 5.95 Å². The topological polar surface area (TPSA) is 56.3 Å². The molecule has 0 aromatic carbocycles. The van der Waals surface area contributed by atoms with Gasteiger partial charge in [0.1, 0.15) is 0 Å². The Labute approximate surface area is 102 Å². The van der Waals surface area contributed by atoms with Crippen LogP contribution < -0.4 is 10.1 Å². The molecule has 1 heterocycles. The third kappa shape index (κ3) is 3.85. The van der Waals surface area contributed by atoms with E-state index < -0.39 is 0 Å². The van der Waals surface area contributed by atoms with Crippen LogP contribution in [0.4, 0.5) is 5.95 Å². The van der Waals surface area contributed by atoms with Crippen LogP contribution in [-0.2, 0) is 4.74 Å². The number of methoxy groups -OCH3 is 1. The molecule has 0 saturated heterocycles. The van der Waals surface area contributed by atoms with E-state index in [0.717, 1.165) is 6.54 Å². The molecule has 0 atom stereocenters. The Morgan fingerprint density at radius 2 is 2.24 bits per heavy atom. The lowest BCUT2D eigenvalue weighted by Crippen LogP contribution is -2.16. The molecule has 1 aliphatic rings. The second-order valence-corrected chi connectivity index (χ2v) is 4.13. The number of ether oxygens (including phenoxy) is 2. The van der Waals surface area contributed by atoms with Crippen molar-refractivity contribution in [1.82, 2.24) is 9.97 Å². The van der Waals surface area contributed by atoms with E-state index in [1.165, 1.54) is 25.7 Å². The number of aromatic nitrogens is 2. The lowest BCUT2D eigenvalue weighted by Gasteiger charge is -2.11. The van der Waals surface area contributed by atoms with Crippen molar-refractivity contribution in [3.63, 3.8) is 0 Å². The number of anilines is 1. The highest BCUT2D eigenvalue weighted by Crippen LogP contribution is 2.20. The number of nitrogens with zero attached hydrogens (tertiary/aromatic N) is 2. The Balaban J connectivity index is 1.66. The van der Waals surface area contributed by atoms with Crippen molar-refractivity contribution in [3.8, 4) is 5.88 Å². The zero-order valence-electron chi connectivity index (χ0n) is 10.2. The van der Waals surface area contributed by atoms with Crippen molar-refractivity contribution in [2.75, 3.05) is 25.6 Å². The van der Waals surface area contributed by atoms with Crippen molar-refractivity contribution in [3.05, 3.63) is 12.3 Å². The number of hydrogen-bond donors (Lipinski definition) is 1. The van der Waals surface area contributed by atoms with Crippen molar-refractivity contribution in [2.24, 2.45) is 0 Å². The zero-order valence-corrected chi connectivity index (χ0v) is 10.2. The SMILES string of the molecule is COc1ccnc(NCCOC2CCCC2)n1. The molecule has 94 valence electrons. The molecule has 0 aliphatic heterocycles. The molecule has 1 fully saturated rings. The Hall–Kier alpha value is -1.36. The first-order valence-electron chi connectivity index (χ1n) is 6.11. The monoisotopic (exact) mass is 237 g/mol. The molecular weight excluding hydrogens is 218 g/mol.